The maximum absolute atomic E-state index is 12.8. The summed E-state index contributed by atoms with van der Waals surface area (Å²) in [5, 5.41) is 15.8. The predicted molar refractivity (Wildman–Crippen MR) is 127 cm³/mol. The number of carboxylic acids is 2. The molecule has 1 heterocycles. The van der Waals surface area contributed by atoms with Crippen molar-refractivity contribution < 1.29 is 29.3 Å². The van der Waals surface area contributed by atoms with E-state index in [1.54, 1.807) is 42.9 Å². The molecule has 0 saturated heterocycles. The lowest BCUT2D eigenvalue weighted by Gasteiger charge is -2.21. The highest BCUT2D eigenvalue weighted by Gasteiger charge is 2.22. The van der Waals surface area contributed by atoms with E-state index < -0.39 is 24.0 Å². The first-order valence-corrected chi connectivity index (χ1v) is 10.8. The number of benzene rings is 2. The number of imidazole rings is 1. The van der Waals surface area contributed by atoms with Crippen molar-refractivity contribution in [1.29, 1.82) is 0 Å². The summed E-state index contributed by atoms with van der Waals surface area (Å²) < 4.78 is 7.67. The Morgan fingerprint density at radius 2 is 1.65 bits per heavy atom. The van der Waals surface area contributed by atoms with Crippen LogP contribution < -0.4 is 0 Å². The van der Waals surface area contributed by atoms with Gasteiger partial charge in [0.2, 0.25) is 0 Å². The van der Waals surface area contributed by atoms with Crippen LogP contribution >= 0.6 is 23.2 Å². The fourth-order valence-electron chi connectivity index (χ4n) is 2.85. The summed E-state index contributed by atoms with van der Waals surface area (Å²) in [6.45, 7) is 6.78. The van der Waals surface area contributed by atoms with Crippen LogP contribution in [0.3, 0.4) is 0 Å². The summed E-state index contributed by atoms with van der Waals surface area (Å²) in [4.78, 5) is 35.0. The van der Waals surface area contributed by atoms with E-state index >= 15 is 0 Å². The van der Waals surface area contributed by atoms with Crippen LogP contribution in [0.4, 0.5) is 0 Å². The van der Waals surface area contributed by atoms with E-state index in [1.165, 1.54) is 0 Å². The van der Waals surface area contributed by atoms with E-state index in [9.17, 15) is 4.79 Å². The molecule has 10 heteroatoms. The Labute approximate surface area is 206 Å². The highest BCUT2D eigenvalue weighted by molar-refractivity contribution is 6.35. The van der Waals surface area contributed by atoms with Gasteiger partial charge in [0.15, 0.2) is 0 Å². The molecular weight excluding hydrogens is 483 g/mol. The van der Waals surface area contributed by atoms with E-state index in [0.29, 0.717) is 27.7 Å². The third-order valence-corrected chi connectivity index (χ3v) is 5.23. The number of aliphatic carboxylic acids is 2. The second-order valence-electron chi connectivity index (χ2n) is 8.26. The van der Waals surface area contributed by atoms with Crippen molar-refractivity contribution in [2.45, 2.75) is 38.8 Å². The molecule has 1 unspecified atom stereocenters. The molecule has 8 nitrogen and oxygen atoms in total. The van der Waals surface area contributed by atoms with Crippen LogP contribution in [0.2, 0.25) is 10.0 Å². The van der Waals surface area contributed by atoms with Crippen molar-refractivity contribution in [3.63, 3.8) is 0 Å². The Hall–Kier alpha value is -3.36. The second-order valence-corrected chi connectivity index (χ2v) is 9.10. The Morgan fingerprint density at radius 3 is 2.12 bits per heavy atom. The normalized spacial score (nSPS) is 11.7. The maximum Gasteiger partial charge on any atom is 0.414 e. The molecule has 2 N–H and O–H groups in total. The minimum atomic E-state index is -1.82. The summed E-state index contributed by atoms with van der Waals surface area (Å²) in [6, 6.07) is 12.7. The fraction of sp³-hybridized carbons (Fsp3) is 0.250. The number of carbonyl (C=O) groups is 3. The summed E-state index contributed by atoms with van der Waals surface area (Å²) in [6.07, 6.45) is 4.58. The lowest BCUT2D eigenvalue weighted by molar-refractivity contribution is -0.159. The molecule has 3 aromatic rings. The number of esters is 1. The Balaban J connectivity index is 0.000000604. The van der Waals surface area contributed by atoms with Gasteiger partial charge in [0.25, 0.3) is 0 Å². The van der Waals surface area contributed by atoms with Gasteiger partial charge in [-0.2, -0.15) is 0 Å². The number of aromatic nitrogens is 2. The minimum Gasteiger partial charge on any atom is -0.473 e. The number of nitrogens with zero attached hydrogens (tertiary/aromatic N) is 2. The van der Waals surface area contributed by atoms with Crippen LogP contribution in [-0.4, -0.2) is 37.7 Å². The van der Waals surface area contributed by atoms with Crippen LogP contribution in [0.1, 0.15) is 48.4 Å². The van der Waals surface area contributed by atoms with Crippen LogP contribution in [0.15, 0.2) is 61.2 Å². The van der Waals surface area contributed by atoms with E-state index in [4.69, 9.17) is 47.7 Å². The fourth-order valence-corrected chi connectivity index (χ4v) is 3.38. The van der Waals surface area contributed by atoms with Crippen LogP contribution in [0.5, 0.6) is 0 Å². The zero-order chi connectivity index (χ0) is 25.5. The molecule has 0 saturated carbocycles. The number of rotatable bonds is 5. The first kappa shape index (κ1) is 26.9. The average molecular weight is 507 g/mol. The number of hydrogen-bond acceptors (Lipinski definition) is 5. The third-order valence-electron chi connectivity index (χ3n) is 4.66. The zero-order valence-electron chi connectivity index (χ0n) is 18.7. The van der Waals surface area contributed by atoms with Gasteiger partial charge < -0.3 is 19.5 Å². The molecular formula is C24H24Cl2N2O6. The molecule has 0 amide bonds. The summed E-state index contributed by atoms with van der Waals surface area (Å²) in [5.74, 6) is -4.05. The molecule has 34 heavy (non-hydrogen) atoms. The van der Waals surface area contributed by atoms with E-state index in [1.807, 2.05) is 22.9 Å². The molecule has 0 spiro atoms. The number of ether oxygens (including phenoxy) is 1. The number of halogens is 2. The van der Waals surface area contributed by atoms with Gasteiger partial charge >= 0.3 is 17.9 Å². The van der Waals surface area contributed by atoms with Crippen molar-refractivity contribution in [3.8, 4) is 0 Å². The van der Waals surface area contributed by atoms with Gasteiger partial charge in [0.1, 0.15) is 6.10 Å². The largest absolute Gasteiger partial charge is 0.473 e. The highest BCUT2D eigenvalue weighted by Crippen LogP contribution is 2.31. The average Bonchev–Trinajstić information content (AvgIpc) is 3.26. The van der Waals surface area contributed by atoms with Gasteiger partial charge in [-0.15, -0.1) is 0 Å². The van der Waals surface area contributed by atoms with E-state index in [2.05, 4.69) is 25.8 Å². The molecule has 0 aliphatic heterocycles. The van der Waals surface area contributed by atoms with Crippen molar-refractivity contribution in [3.05, 3.63) is 87.9 Å². The van der Waals surface area contributed by atoms with Crippen molar-refractivity contribution in [2.75, 3.05) is 0 Å². The van der Waals surface area contributed by atoms with Gasteiger partial charge in [-0.3, -0.25) is 0 Å². The number of carboxylic acid groups (broad SMARTS) is 2. The third kappa shape index (κ3) is 7.90. The van der Waals surface area contributed by atoms with Crippen LogP contribution in [0, 0.1) is 0 Å². The summed E-state index contributed by atoms with van der Waals surface area (Å²) >= 11 is 12.4. The lowest BCUT2D eigenvalue weighted by Crippen LogP contribution is -2.17. The summed E-state index contributed by atoms with van der Waals surface area (Å²) in [7, 11) is 0. The van der Waals surface area contributed by atoms with Crippen molar-refractivity contribution in [2.24, 2.45) is 0 Å². The first-order chi connectivity index (χ1) is 15.9. The monoisotopic (exact) mass is 506 g/mol. The SMILES string of the molecule is CC(C)(C)c1ccc(C(=O)OC(Cn2ccnc2)c2ccc(Cl)cc2Cl)cc1.O=C(O)C(=O)O. The first-order valence-electron chi connectivity index (χ1n) is 10.1. The Morgan fingerprint density at radius 1 is 1.03 bits per heavy atom. The Kier molecular flexibility index (Phi) is 9.23. The maximum atomic E-state index is 12.8. The van der Waals surface area contributed by atoms with Crippen molar-refractivity contribution in [1.82, 2.24) is 9.55 Å². The molecule has 3 rings (SSSR count). The van der Waals surface area contributed by atoms with Gasteiger partial charge in [0.05, 0.1) is 18.4 Å². The van der Waals surface area contributed by atoms with Gasteiger partial charge in [-0.25, -0.2) is 19.4 Å². The molecule has 0 radical (unpaired) electrons. The number of hydrogen-bond donors (Lipinski definition) is 2. The topological polar surface area (TPSA) is 119 Å². The van der Waals surface area contributed by atoms with Crippen LogP contribution in [-0.2, 0) is 26.3 Å². The predicted octanol–water partition coefficient (Wildman–Crippen LogP) is 5.24. The van der Waals surface area contributed by atoms with E-state index in [0.717, 1.165) is 5.56 Å². The van der Waals surface area contributed by atoms with Gasteiger partial charge in [0, 0.05) is 28.0 Å². The molecule has 180 valence electrons. The molecule has 2 aromatic carbocycles. The lowest BCUT2D eigenvalue weighted by atomic mass is 9.87. The van der Waals surface area contributed by atoms with E-state index in [-0.39, 0.29) is 5.41 Å². The molecule has 0 bridgehead atoms. The molecule has 0 aliphatic rings. The Bertz CT molecular complexity index is 1130. The molecule has 0 aliphatic carbocycles. The zero-order valence-corrected chi connectivity index (χ0v) is 20.2. The van der Waals surface area contributed by atoms with Gasteiger partial charge in [-0.1, -0.05) is 62.2 Å². The summed E-state index contributed by atoms with van der Waals surface area (Å²) in [5.41, 5.74) is 2.36. The molecule has 1 aromatic heterocycles. The minimum absolute atomic E-state index is 0.0171. The smallest absolute Gasteiger partial charge is 0.414 e. The number of carbonyl (C=O) groups excluding carboxylic acids is 1. The van der Waals surface area contributed by atoms with Crippen LogP contribution in [0.25, 0.3) is 0 Å². The second kappa shape index (κ2) is 11.7. The standard InChI is InChI=1S/C22H22Cl2N2O2.C2H2O4/c1-22(2,3)16-6-4-15(5-7-16)21(27)28-20(13-26-11-10-25-14-26)18-9-8-17(23)12-19(18)24;3-1(4)2(5)6/h4-12,14,20H,13H2,1-3H3;(H,3,4)(H,5,6). The quantitative estimate of drug-likeness (QED) is 0.358. The molecule has 1 atom stereocenters. The molecule has 0 fully saturated rings. The van der Waals surface area contributed by atoms with Gasteiger partial charge in [-0.05, 0) is 35.2 Å². The highest BCUT2D eigenvalue weighted by atomic mass is 35.5. The van der Waals surface area contributed by atoms with Crippen molar-refractivity contribution >= 4 is 41.1 Å².